The Labute approximate surface area is 234 Å². The van der Waals surface area contributed by atoms with E-state index in [-0.39, 0.29) is 31.3 Å². The zero-order chi connectivity index (χ0) is 28.5. The number of alkyl halides is 3. The Morgan fingerprint density at radius 2 is 1.80 bits per heavy atom. The van der Waals surface area contributed by atoms with Crippen LogP contribution in [0.5, 0.6) is 0 Å². The van der Waals surface area contributed by atoms with E-state index in [0.717, 1.165) is 69.7 Å². The summed E-state index contributed by atoms with van der Waals surface area (Å²) < 4.78 is 70.4. The number of halogens is 3. The summed E-state index contributed by atoms with van der Waals surface area (Å²) in [6.07, 6.45) is 1.61. The molecule has 2 aromatic rings. The number of carbonyl (C=O) groups is 1. The number of hydrogen-bond acceptors (Lipinski definition) is 5. The second kappa shape index (κ2) is 11.8. The van der Waals surface area contributed by atoms with Crippen LogP contribution in [0.4, 0.5) is 13.2 Å². The molecule has 2 aliphatic heterocycles. The van der Waals surface area contributed by atoms with Crippen LogP contribution in [0.25, 0.3) is 0 Å². The Kier molecular flexibility index (Phi) is 8.61. The summed E-state index contributed by atoms with van der Waals surface area (Å²) >= 11 is 0. The van der Waals surface area contributed by atoms with Gasteiger partial charge in [-0.1, -0.05) is 6.07 Å². The van der Waals surface area contributed by atoms with E-state index in [9.17, 15) is 26.4 Å². The average molecular weight is 582 g/mol. The first-order valence-corrected chi connectivity index (χ1v) is 15.5. The maximum atomic E-state index is 13.6. The molecule has 12 heteroatoms. The molecule has 40 heavy (non-hydrogen) atoms. The van der Waals surface area contributed by atoms with E-state index >= 15 is 0 Å². The van der Waals surface area contributed by atoms with Crippen molar-refractivity contribution in [2.75, 3.05) is 39.8 Å². The fourth-order valence-corrected chi connectivity index (χ4v) is 8.04. The number of hydrogen-bond donors (Lipinski definition) is 1. The van der Waals surface area contributed by atoms with Crippen LogP contribution in [0.1, 0.15) is 55.8 Å². The number of piperazine rings is 1. The number of benzene rings is 1. The van der Waals surface area contributed by atoms with Gasteiger partial charge in [0.25, 0.3) is 0 Å². The minimum absolute atomic E-state index is 0.0890. The number of carbonyl (C=O) groups excluding carboxylic acids is 1. The van der Waals surface area contributed by atoms with Gasteiger partial charge in [0, 0.05) is 69.7 Å². The third-order valence-electron chi connectivity index (χ3n) is 8.59. The minimum atomic E-state index is -4.65. The van der Waals surface area contributed by atoms with Crippen LogP contribution in [0.15, 0.2) is 47.5 Å². The molecule has 8 nitrogen and oxygen atoms in total. The number of aromatic nitrogens is 1. The Hall–Kier alpha value is -2.41. The van der Waals surface area contributed by atoms with E-state index in [0.29, 0.717) is 18.7 Å². The van der Waals surface area contributed by atoms with Crippen LogP contribution in [-0.2, 0) is 27.5 Å². The maximum Gasteiger partial charge on any atom is 0.416 e. The van der Waals surface area contributed by atoms with Crippen LogP contribution in [0.2, 0.25) is 0 Å². The Bertz CT molecular complexity index is 1290. The first kappa shape index (κ1) is 29.1. The summed E-state index contributed by atoms with van der Waals surface area (Å²) in [7, 11) is -2.10. The van der Waals surface area contributed by atoms with Crippen molar-refractivity contribution in [3.8, 4) is 0 Å². The van der Waals surface area contributed by atoms with Gasteiger partial charge < -0.3 is 14.8 Å². The van der Waals surface area contributed by atoms with Crippen molar-refractivity contribution in [1.29, 1.82) is 0 Å². The summed E-state index contributed by atoms with van der Waals surface area (Å²) in [5, 5.41) is 3.19. The molecule has 3 aliphatic rings. The third kappa shape index (κ3) is 6.40. The molecular formula is C28H38F3N5O3S. The lowest BCUT2D eigenvalue weighted by molar-refractivity contribution is -0.137. The van der Waals surface area contributed by atoms with Gasteiger partial charge in [-0.25, -0.2) is 8.42 Å². The highest BCUT2D eigenvalue weighted by Gasteiger charge is 2.39. The van der Waals surface area contributed by atoms with E-state index in [1.165, 1.54) is 10.4 Å². The molecule has 1 aromatic carbocycles. The smallest absolute Gasteiger partial charge is 0.353 e. The summed E-state index contributed by atoms with van der Waals surface area (Å²) in [6.45, 7) is 4.69. The van der Waals surface area contributed by atoms with Gasteiger partial charge >= 0.3 is 6.18 Å². The molecule has 1 saturated carbocycles. The van der Waals surface area contributed by atoms with Gasteiger partial charge in [0.15, 0.2) is 0 Å². The molecule has 2 fully saturated rings. The third-order valence-corrected chi connectivity index (χ3v) is 10.5. The first-order valence-electron chi connectivity index (χ1n) is 14.1. The summed E-state index contributed by atoms with van der Waals surface area (Å²) in [5.41, 5.74) is -0.269. The predicted molar refractivity (Wildman–Crippen MR) is 145 cm³/mol. The second-order valence-electron chi connectivity index (χ2n) is 11.2. The topological polar surface area (TPSA) is 77.9 Å². The average Bonchev–Trinajstić information content (AvgIpc) is 3.41. The zero-order valence-electron chi connectivity index (χ0n) is 22.8. The molecule has 1 unspecified atom stereocenters. The number of rotatable bonds is 7. The Balaban J connectivity index is 1.26. The lowest BCUT2D eigenvalue weighted by Crippen LogP contribution is -2.52. The first-order chi connectivity index (χ1) is 19.0. The second-order valence-corrected chi connectivity index (χ2v) is 13.1. The van der Waals surface area contributed by atoms with Gasteiger partial charge in [-0.05, 0) is 69.5 Å². The highest BCUT2D eigenvalue weighted by Crippen LogP contribution is 2.37. The molecule has 0 radical (unpaired) electrons. The molecule has 1 N–H and O–H groups in total. The van der Waals surface area contributed by atoms with Crippen molar-refractivity contribution in [2.24, 2.45) is 0 Å². The van der Waals surface area contributed by atoms with Crippen molar-refractivity contribution in [3.05, 3.63) is 53.9 Å². The fraction of sp³-hybridized carbons (Fsp3) is 0.607. The molecule has 3 atom stereocenters. The number of likely N-dealkylation sites (N-methyl/N-ethyl adjacent to an activating group) is 1. The van der Waals surface area contributed by atoms with Crippen LogP contribution < -0.4 is 5.32 Å². The maximum absolute atomic E-state index is 13.6. The SMILES string of the molecule is CN1CCN([C@H]2CCC[C@@H](NC(=O)CCC3c4cccn4CCN3S(=O)(=O)c3cccc(C(F)(F)F)c3)C2)CC1. The standard InChI is InChI=1S/C28H38F3N5O3S/c1-33-13-15-34(16-14-33)23-7-3-6-22(20-23)32-27(37)11-10-26-25-9-4-12-35(25)17-18-36(26)40(38,39)24-8-2-5-21(19-24)28(29,30)31/h2,4-5,8-9,12,19,22-23,26H,3,6-7,10-11,13-18,20H2,1H3,(H,32,37)/t22-,23+,26?/m1/s1. The van der Waals surface area contributed by atoms with Crippen LogP contribution in [0.3, 0.4) is 0 Å². The Morgan fingerprint density at radius 3 is 2.55 bits per heavy atom. The predicted octanol–water partition coefficient (Wildman–Crippen LogP) is 3.71. The number of nitrogens with zero attached hydrogens (tertiary/aromatic N) is 4. The van der Waals surface area contributed by atoms with E-state index in [4.69, 9.17) is 0 Å². The quantitative estimate of drug-likeness (QED) is 0.540. The zero-order valence-corrected chi connectivity index (χ0v) is 23.6. The number of sulfonamides is 1. The molecule has 220 valence electrons. The molecular weight excluding hydrogens is 543 g/mol. The van der Waals surface area contributed by atoms with Crippen molar-refractivity contribution in [1.82, 2.24) is 24.0 Å². The highest BCUT2D eigenvalue weighted by molar-refractivity contribution is 7.89. The van der Waals surface area contributed by atoms with Crippen molar-refractivity contribution >= 4 is 15.9 Å². The molecule has 0 spiro atoms. The molecule has 0 bridgehead atoms. The molecule has 1 amide bonds. The van der Waals surface area contributed by atoms with Crippen molar-refractivity contribution in [2.45, 2.75) is 74.3 Å². The molecule has 1 saturated heterocycles. The summed E-state index contributed by atoms with van der Waals surface area (Å²) in [5.74, 6) is -0.121. The minimum Gasteiger partial charge on any atom is -0.353 e. The lowest BCUT2D eigenvalue weighted by atomic mass is 9.89. The molecule has 3 heterocycles. The van der Waals surface area contributed by atoms with E-state index in [2.05, 4.69) is 22.2 Å². The van der Waals surface area contributed by atoms with Crippen LogP contribution in [0, 0.1) is 0 Å². The van der Waals surface area contributed by atoms with Gasteiger partial charge in [-0.3, -0.25) is 9.69 Å². The van der Waals surface area contributed by atoms with E-state index < -0.39 is 32.7 Å². The van der Waals surface area contributed by atoms with Crippen LogP contribution in [-0.4, -0.2) is 84.9 Å². The molecule has 1 aliphatic carbocycles. The molecule has 5 rings (SSSR count). The Morgan fingerprint density at radius 1 is 1.02 bits per heavy atom. The fourth-order valence-electron chi connectivity index (χ4n) is 6.37. The van der Waals surface area contributed by atoms with Gasteiger partial charge in [-0.15, -0.1) is 0 Å². The van der Waals surface area contributed by atoms with Gasteiger partial charge in [0.2, 0.25) is 15.9 Å². The van der Waals surface area contributed by atoms with E-state index in [1.54, 1.807) is 0 Å². The van der Waals surface area contributed by atoms with Crippen LogP contribution >= 0.6 is 0 Å². The monoisotopic (exact) mass is 581 g/mol. The largest absolute Gasteiger partial charge is 0.416 e. The van der Waals surface area contributed by atoms with Gasteiger partial charge in [0.1, 0.15) is 0 Å². The molecule has 1 aromatic heterocycles. The summed E-state index contributed by atoms with van der Waals surface area (Å²) in [4.78, 5) is 17.5. The lowest BCUT2D eigenvalue weighted by Gasteiger charge is -2.41. The van der Waals surface area contributed by atoms with Crippen molar-refractivity contribution in [3.63, 3.8) is 0 Å². The van der Waals surface area contributed by atoms with Gasteiger partial charge in [-0.2, -0.15) is 17.5 Å². The normalized spacial score (nSPS) is 25.4. The number of nitrogens with one attached hydrogen (secondary N) is 1. The van der Waals surface area contributed by atoms with E-state index in [1.807, 2.05) is 22.9 Å². The number of amides is 1. The van der Waals surface area contributed by atoms with Gasteiger partial charge in [0.05, 0.1) is 16.5 Å². The highest BCUT2D eigenvalue weighted by atomic mass is 32.2. The number of fused-ring (bicyclic) bond motifs is 1. The summed E-state index contributed by atoms with van der Waals surface area (Å²) in [6, 6.07) is 7.40. The van der Waals surface area contributed by atoms with Crippen molar-refractivity contribution < 1.29 is 26.4 Å².